The minimum Gasteiger partial charge on any atom is -0.478 e. The highest BCUT2D eigenvalue weighted by Gasteiger charge is 2.07. The number of aromatic nitrogens is 1. The average molecular weight is 180 g/mol. The third-order valence-electron chi connectivity index (χ3n) is 1.55. The molecule has 0 atom stereocenters. The number of aryl methyl sites for hydroxylation is 1. The first-order valence-corrected chi connectivity index (χ1v) is 3.52. The summed E-state index contributed by atoms with van der Waals surface area (Å²) >= 11 is 0. The molecule has 0 bridgehead atoms. The van der Waals surface area contributed by atoms with Gasteiger partial charge in [0, 0.05) is 6.20 Å². The van der Waals surface area contributed by atoms with Crippen molar-refractivity contribution in [3.63, 3.8) is 0 Å². The van der Waals surface area contributed by atoms with Crippen LogP contribution >= 0.6 is 0 Å². The lowest BCUT2D eigenvalue weighted by atomic mass is 10.1. The van der Waals surface area contributed by atoms with E-state index in [-0.39, 0.29) is 5.56 Å². The Labute approximate surface area is 74.3 Å². The number of pyridine rings is 1. The fraction of sp³-hybridized carbons (Fsp3) is 0.125. The Bertz CT molecular complexity index is 360. The number of aromatic carboxylic acids is 1. The number of carboxylic acids is 1. The van der Waals surface area contributed by atoms with Gasteiger partial charge in [-0.15, -0.1) is 0 Å². The Morgan fingerprint density at radius 2 is 2.38 bits per heavy atom. The fourth-order valence-corrected chi connectivity index (χ4v) is 0.931. The minimum atomic E-state index is -1.02. The molecule has 0 aliphatic heterocycles. The van der Waals surface area contributed by atoms with Crippen LogP contribution < -0.4 is 0 Å². The number of rotatable bonds is 2. The van der Waals surface area contributed by atoms with Gasteiger partial charge >= 0.3 is 5.97 Å². The van der Waals surface area contributed by atoms with E-state index in [9.17, 15) is 4.79 Å². The third-order valence-corrected chi connectivity index (χ3v) is 1.55. The number of carboxylic acid groups (broad SMARTS) is 1. The second kappa shape index (κ2) is 3.66. The standard InChI is InChI=1S/C8H8N2O3/c1-5-2-6(3-10-13)9-4-7(5)8(11)12/h2-4,13H,1H3,(H,11,12). The maximum Gasteiger partial charge on any atom is 0.337 e. The largest absolute Gasteiger partial charge is 0.478 e. The highest BCUT2D eigenvalue weighted by Crippen LogP contribution is 2.06. The molecule has 0 aromatic carbocycles. The second-order valence-corrected chi connectivity index (χ2v) is 2.47. The van der Waals surface area contributed by atoms with E-state index >= 15 is 0 Å². The van der Waals surface area contributed by atoms with E-state index in [2.05, 4.69) is 10.1 Å². The molecule has 1 rings (SSSR count). The molecule has 68 valence electrons. The summed E-state index contributed by atoms with van der Waals surface area (Å²) in [5, 5.41) is 19.7. The first-order chi connectivity index (χ1) is 6.15. The summed E-state index contributed by atoms with van der Waals surface area (Å²) < 4.78 is 0. The molecule has 0 spiro atoms. The van der Waals surface area contributed by atoms with Crippen LogP contribution in [-0.4, -0.2) is 27.5 Å². The maximum absolute atomic E-state index is 10.6. The zero-order valence-corrected chi connectivity index (χ0v) is 6.93. The number of oxime groups is 1. The number of carbonyl (C=O) groups is 1. The highest BCUT2D eigenvalue weighted by molar-refractivity contribution is 5.89. The molecule has 0 fully saturated rings. The topological polar surface area (TPSA) is 82.8 Å². The zero-order chi connectivity index (χ0) is 9.84. The Hall–Kier alpha value is -1.91. The van der Waals surface area contributed by atoms with Crippen molar-refractivity contribution >= 4 is 12.2 Å². The first kappa shape index (κ1) is 9.18. The van der Waals surface area contributed by atoms with Gasteiger partial charge in [-0.05, 0) is 18.6 Å². The van der Waals surface area contributed by atoms with Gasteiger partial charge in [-0.3, -0.25) is 4.98 Å². The van der Waals surface area contributed by atoms with Crippen molar-refractivity contribution in [3.05, 3.63) is 29.1 Å². The van der Waals surface area contributed by atoms with Crippen molar-refractivity contribution in [2.24, 2.45) is 5.16 Å². The lowest BCUT2D eigenvalue weighted by molar-refractivity contribution is 0.0695. The molecular formula is C8H8N2O3. The zero-order valence-electron chi connectivity index (χ0n) is 6.93. The molecule has 2 N–H and O–H groups in total. The van der Waals surface area contributed by atoms with Crippen LogP contribution in [0.3, 0.4) is 0 Å². The number of nitrogens with zero attached hydrogens (tertiary/aromatic N) is 2. The van der Waals surface area contributed by atoms with Crippen molar-refractivity contribution in [2.45, 2.75) is 6.92 Å². The third kappa shape index (κ3) is 2.02. The summed E-state index contributed by atoms with van der Waals surface area (Å²) in [4.78, 5) is 14.3. The van der Waals surface area contributed by atoms with Crippen molar-refractivity contribution in [3.8, 4) is 0 Å². The van der Waals surface area contributed by atoms with Gasteiger partial charge in [0.1, 0.15) is 0 Å². The van der Waals surface area contributed by atoms with Crippen molar-refractivity contribution < 1.29 is 15.1 Å². The van der Waals surface area contributed by atoms with Gasteiger partial charge in [0.25, 0.3) is 0 Å². The number of hydrogen-bond donors (Lipinski definition) is 2. The van der Waals surface area contributed by atoms with Gasteiger partial charge in [-0.2, -0.15) is 0 Å². The second-order valence-electron chi connectivity index (χ2n) is 2.47. The van der Waals surface area contributed by atoms with Crippen LogP contribution in [0.25, 0.3) is 0 Å². The van der Waals surface area contributed by atoms with E-state index in [1.807, 2.05) is 0 Å². The predicted octanol–water partition coefficient (Wildman–Crippen LogP) is 0.896. The van der Waals surface area contributed by atoms with Crippen molar-refractivity contribution in [1.29, 1.82) is 0 Å². The number of hydrogen-bond acceptors (Lipinski definition) is 4. The van der Waals surface area contributed by atoms with E-state index in [0.717, 1.165) is 6.21 Å². The smallest absolute Gasteiger partial charge is 0.337 e. The van der Waals surface area contributed by atoms with Crippen LogP contribution in [0.15, 0.2) is 17.4 Å². The summed E-state index contributed by atoms with van der Waals surface area (Å²) in [6, 6.07) is 1.53. The van der Waals surface area contributed by atoms with Crippen LogP contribution in [-0.2, 0) is 0 Å². The normalized spacial score (nSPS) is 10.5. The van der Waals surface area contributed by atoms with Crippen LogP contribution in [0.4, 0.5) is 0 Å². The fourth-order valence-electron chi connectivity index (χ4n) is 0.931. The molecule has 0 saturated carbocycles. The molecule has 0 aliphatic rings. The summed E-state index contributed by atoms with van der Waals surface area (Å²) in [5.41, 5.74) is 1.15. The predicted molar refractivity (Wildman–Crippen MR) is 45.3 cm³/mol. The minimum absolute atomic E-state index is 0.148. The Morgan fingerprint density at radius 3 is 2.85 bits per heavy atom. The van der Waals surface area contributed by atoms with E-state index in [1.165, 1.54) is 12.3 Å². The summed E-state index contributed by atoms with van der Waals surface area (Å²) in [7, 11) is 0. The van der Waals surface area contributed by atoms with E-state index in [1.54, 1.807) is 6.92 Å². The van der Waals surface area contributed by atoms with E-state index in [4.69, 9.17) is 10.3 Å². The SMILES string of the molecule is Cc1cc(C=NO)ncc1C(=O)O. The quantitative estimate of drug-likeness (QED) is 0.402. The lowest BCUT2D eigenvalue weighted by Crippen LogP contribution is -2.02. The lowest BCUT2D eigenvalue weighted by Gasteiger charge is -1.99. The summed E-state index contributed by atoms with van der Waals surface area (Å²) in [6.45, 7) is 1.65. The molecule has 1 aromatic heterocycles. The Balaban J connectivity index is 3.12. The van der Waals surface area contributed by atoms with E-state index < -0.39 is 5.97 Å². The molecule has 0 radical (unpaired) electrons. The van der Waals surface area contributed by atoms with Gasteiger partial charge in [-0.25, -0.2) is 4.79 Å². The van der Waals surface area contributed by atoms with Gasteiger partial charge in [0.05, 0.1) is 17.5 Å². The van der Waals surface area contributed by atoms with Crippen LogP contribution in [0.5, 0.6) is 0 Å². The molecule has 0 saturated heterocycles. The van der Waals surface area contributed by atoms with Crippen molar-refractivity contribution in [2.75, 3.05) is 0 Å². The molecule has 13 heavy (non-hydrogen) atoms. The summed E-state index contributed by atoms with van der Waals surface area (Å²) in [5.74, 6) is -1.02. The molecule has 0 unspecified atom stereocenters. The van der Waals surface area contributed by atoms with E-state index in [0.29, 0.717) is 11.3 Å². The van der Waals surface area contributed by atoms with Crippen LogP contribution in [0, 0.1) is 6.92 Å². The molecule has 0 aliphatic carbocycles. The Morgan fingerprint density at radius 1 is 1.69 bits per heavy atom. The summed E-state index contributed by atoms with van der Waals surface area (Å²) in [6.07, 6.45) is 2.37. The molecule has 0 amide bonds. The first-order valence-electron chi connectivity index (χ1n) is 3.52. The average Bonchev–Trinajstić information content (AvgIpc) is 2.04. The molecule has 1 aromatic rings. The van der Waals surface area contributed by atoms with Crippen molar-refractivity contribution in [1.82, 2.24) is 4.98 Å². The maximum atomic E-state index is 10.6. The van der Waals surface area contributed by atoms with Gasteiger partial charge in [0.15, 0.2) is 0 Å². The molecule has 5 heteroatoms. The Kier molecular flexibility index (Phi) is 2.59. The van der Waals surface area contributed by atoms with Gasteiger partial charge in [0.2, 0.25) is 0 Å². The molecule has 5 nitrogen and oxygen atoms in total. The van der Waals surface area contributed by atoms with Crippen LogP contribution in [0.2, 0.25) is 0 Å². The monoisotopic (exact) mass is 180 g/mol. The van der Waals surface area contributed by atoms with Crippen LogP contribution in [0.1, 0.15) is 21.6 Å². The molecule has 1 heterocycles. The molecular weight excluding hydrogens is 172 g/mol. The van der Waals surface area contributed by atoms with Gasteiger partial charge < -0.3 is 10.3 Å². The highest BCUT2D eigenvalue weighted by atomic mass is 16.4. The van der Waals surface area contributed by atoms with Gasteiger partial charge in [-0.1, -0.05) is 5.16 Å².